The number of hydrogen-bond acceptors (Lipinski definition) is 7. The second-order valence-electron chi connectivity index (χ2n) is 16.3. The Balaban J connectivity index is 4.23. The van der Waals surface area contributed by atoms with Crippen LogP contribution in [0.4, 0.5) is 0 Å². The topological polar surface area (TPSA) is 102 Å². The maximum Gasteiger partial charge on any atom is 0.306 e. The number of likely N-dealkylation sites (N-methyl/N-ethyl adjacent to an activating group) is 1. The van der Waals surface area contributed by atoms with Crippen molar-refractivity contribution in [3.63, 3.8) is 0 Å². The highest BCUT2D eigenvalue weighted by atomic mass is 16.6. The van der Waals surface area contributed by atoms with Crippen molar-refractivity contribution in [2.75, 3.05) is 41.0 Å². The fourth-order valence-corrected chi connectivity index (χ4v) is 6.59. The minimum Gasteiger partial charge on any atom is -0.544 e. The van der Waals surface area contributed by atoms with E-state index in [1.807, 2.05) is 0 Å². The van der Waals surface area contributed by atoms with Crippen molar-refractivity contribution in [1.29, 1.82) is 0 Å². The van der Waals surface area contributed by atoms with Crippen LogP contribution in [0, 0.1) is 0 Å². The minimum absolute atomic E-state index is 0.0436. The number of carboxylic acids is 1. The summed E-state index contributed by atoms with van der Waals surface area (Å²) in [4.78, 5) is 36.8. The molecule has 0 bridgehead atoms. The van der Waals surface area contributed by atoms with E-state index < -0.39 is 18.1 Å². The molecule has 0 saturated heterocycles. The van der Waals surface area contributed by atoms with Gasteiger partial charge in [0.05, 0.1) is 40.3 Å². The Bertz CT molecular complexity index is 942. The Kier molecular flexibility index (Phi) is 36.2. The van der Waals surface area contributed by atoms with Crippen LogP contribution < -0.4 is 5.11 Å². The summed E-state index contributed by atoms with van der Waals surface area (Å²) in [5.74, 6) is -1.73. The van der Waals surface area contributed by atoms with Crippen LogP contribution in [0.2, 0.25) is 0 Å². The molecule has 8 nitrogen and oxygen atoms in total. The molecule has 0 spiro atoms. The fourth-order valence-electron chi connectivity index (χ4n) is 6.59. The van der Waals surface area contributed by atoms with Gasteiger partial charge in [-0.3, -0.25) is 9.59 Å². The Morgan fingerprint density at radius 3 is 1.41 bits per heavy atom. The first-order valence-electron chi connectivity index (χ1n) is 22.4. The number of rotatable bonds is 40. The Hall–Kier alpha value is -2.19. The molecule has 0 aliphatic carbocycles. The maximum atomic E-state index is 12.7. The third kappa shape index (κ3) is 35.5. The van der Waals surface area contributed by atoms with Gasteiger partial charge in [-0.2, -0.15) is 0 Å². The van der Waals surface area contributed by atoms with E-state index in [0.717, 1.165) is 38.5 Å². The summed E-state index contributed by atoms with van der Waals surface area (Å²) in [6.45, 7) is 4.64. The molecule has 8 heteroatoms. The number of esters is 2. The lowest BCUT2D eigenvalue weighted by atomic mass is 10.1. The van der Waals surface area contributed by atoms with Gasteiger partial charge in [0.25, 0.3) is 0 Å². The predicted molar refractivity (Wildman–Crippen MR) is 222 cm³/mol. The predicted octanol–water partition coefficient (Wildman–Crippen LogP) is 10.7. The molecule has 54 heavy (non-hydrogen) atoms. The molecule has 0 aliphatic heterocycles. The third-order valence-electron chi connectivity index (χ3n) is 10.1. The van der Waals surface area contributed by atoms with Gasteiger partial charge in [-0.25, -0.2) is 0 Å². The van der Waals surface area contributed by atoms with Crippen LogP contribution in [-0.4, -0.2) is 75.5 Å². The van der Waals surface area contributed by atoms with Gasteiger partial charge in [0.2, 0.25) is 0 Å². The van der Waals surface area contributed by atoms with E-state index in [-0.39, 0.29) is 42.7 Å². The minimum atomic E-state index is -1.12. The van der Waals surface area contributed by atoms with Gasteiger partial charge in [0.15, 0.2) is 6.10 Å². The smallest absolute Gasteiger partial charge is 0.306 e. The van der Waals surface area contributed by atoms with Crippen LogP contribution >= 0.6 is 0 Å². The van der Waals surface area contributed by atoms with Gasteiger partial charge in [-0.05, 0) is 38.5 Å². The molecule has 2 unspecified atom stereocenters. The van der Waals surface area contributed by atoms with E-state index in [1.54, 1.807) is 21.1 Å². The van der Waals surface area contributed by atoms with Gasteiger partial charge in [0, 0.05) is 19.3 Å². The third-order valence-corrected chi connectivity index (χ3v) is 10.1. The van der Waals surface area contributed by atoms with E-state index in [9.17, 15) is 19.5 Å². The molecule has 0 heterocycles. The lowest BCUT2D eigenvalue weighted by molar-refractivity contribution is -0.889. The maximum absolute atomic E-state index is 12.7. The molecular formula is C46H85NO7. The summed E-state index contributed by atoms with van der Waals surface area (Å²) < 4.78 is 17.1. The SMILES string of the molecule is CCCCCC/C=C/C=C/CCCCCCCCCCCCC(=O)OCC(COCCC(C(=O)[O-])[N+](C)(C)C)OC(=O)CCCCCCCCCCCC. The van der Waals surface area contributed by atoms with E-state index in [2.05, 4.69) is 38.2 Å². The van der Waals surface area contributed by atoms with Crippen molar-refractivity contribution < 1.29 is 38.2 Å². The number of ether oxygens (including phenoxy) is 3. The Morgan fingerprint density at radius 2 is 0.963 bits per heavy atom. The Morgan fingerprint density at radius 1 is 0.556 bits per heavy atom. The monoisotopic (exact) mass is 764 g/mol. The van der Waals surface area contributed by atoms with Gasteiger partial charge in [0.1, 0.15) is 12.6 Å². The first-order valence-corrected chi connectivity index (χ1v) is 22.4. The highest BCUT2D eigenvalue weighted by Gasteiger charge is 2.25. The number of unbranched alkanes of at least 4 members (excludes halogenated alkanes) is 23. The van der Waals surface area contributed by atoms with Crippen LogP contribution in [-0.2, 0) is 28.6 Å². The summed E-state index contributed by atoms with van der Waals surface area (Å²) in [5.41, 5.74) is 0. The number of quaternary nitrogens is 1. The van der Waals surface area contributed by atoms with Crippen molar-refractivity contribution >= 4 is 17.9 Å². The van der Waals surface area contributed by atoms with Crippen LogP contribution in [0.15, 0.2) is 24.3 Å². The zero-order valence-corrected chi connectivity index (χ0v) is 35.9. The van der Waals surface area contributed by atoms with E-state index >= 15 is 0 Å². The second kappa shape index (κ2) is 37.7. The summed E-state index contributed by atoms with van der Waals surface area (Å²) >= 11 is 0. The largest absolute Gasteiger partial charge is 0.544 e. The highest BCUT2D eigenvalue weighted by molar-refractivity contribution is 5.70. The van der Waals surface area contributed by atoms with Gasteiger partial charge >= 0.3 is 11.9 Å². The lowest BCUT2D eigenvalue weighted by Gasteiger charge is -2.34. The molecule has 0 N–H and O–H groups in total. The standard InChI is InChI=1S/C46H85NO7/c1-6-8-10-12-14-16-18-19-20-21-22-23-24-25-26-27-29-30-32-34-36-44(48)53-41-42(40-52-39-38-43(46(50)51)47(3,4)5)54-45(49)37-35-33-31-28-17-15-13-11-9-7-2/h16,18-20,42-43H,6-15,17,21-41H2,1-5H3/b18-16+,20-19+. The molecule has 0 aromatic heterocycles. The summed E-state index contributed by atoms with van der Waals surface area (Å²) in [6, 6.07) is -0.722. The van der Waals surface area contributed by atoms with Gasteiger partial charge < -0.3 is 28.6 Å². The van der Waals surface area contributed by atoms with Gasteiger partial charge in [-0.1, -0.05) is 167 Å². The second-order valence-corrected chi connectivity index (χ2v) is 16.3. The number of carboxylic acid groups (broad SMARTS) is 1. The van der Waals surface area contributed by atoms with Crippen molar-refractivity contribution in [3.8, 4) is 0 Å². The normalized spacial score (nSPS) is 13.1. The average molecular weight is 764 g/mol. The first kappa shape index (κ1) is 51.8. The number of nitrogens with zero attached hydrogens (tertiary/aromatic N) is 1. The van der Waals surface area contributed by atoms with Crippen LogP contribution in [0.5, 0.6) is 0 Å². The quantitative estimate of drug-likeness (QED) is 0.0265. The number of carbonyl (C=O) groups excluding carboxylic acids is 3. The van der Waals surface area contributed by atoms with E-state index in [4.69, 9.17) is 14.2 Å². The summed E-state index contributed by atoms with van der Waals surface area (Å²) in [5, 5.41) is 11.6. The van der Waals surface area contributed by atoms with Crippen LogP contribution in [0.3, 0.4) is 0 Å². The highest BCUT2D eigenvalue weighted by Crippen LogP contribution is 2.15. The molecule has 0 aliphatic rings. The fraction of sp³-hybridized carbons (Fsp3) is 0.848. The van der Waals surface area contributed by atoms with Crippen molar-refractivity contribution in [2.45, 2.75) is 212 Å². The number of aliphatic carboxylic acids is 1. The molecule has 0 radical (unpaired) electrons. The zero-order chi connectivity index (χ0) is 40.0. The Labute approximate surface area is 332 Å². The summed E-state index contributed by atoms with van der Waals surface area (Å²) in [7, 11) is 5.41. The molecule has 0 fully saturated rings. The van der Waals surface area contributed by atoms with Crippen molar-refractivity contribution in [3.05, 3.63) is 24.3 Å². The van der Waals surface area contributed by atoms with Crippen LogP contribution in [0.1, 0.15) is 200 Å². The molecular weight excluding hydrogens is 679 g/mol. The number of carbonyl (C=O) groups is 3. The first-order chi connectivity index (χ1) is 26.1. The molecule has 0 rings (SSSR count). The number of allylic oxidation sites excluding steroid dienone is 4. The molecule has 0 aromatic rings. The zero-order valence-electron chi connectivity index (χ0n) is 35.9. The van der Waals surface area contributed by atoms with Crippen molar-refractivity contribution in [1.82, 2.24) is 0 Å². The van der Waals surface area contributed by atoms with Gasteiger partial charge in [-0.15, -0.1) is 0 Å². The van der Waals surface area contributed by atoms with E-state index in [1.165, 1.54) is 128 Å². The summed E-state index contributed by atoms with van der Waals surface area (Å²) in [6.07, 6.45) is 40.6. The van der Waals surface area contributed by atoms with Crippen molar-refractivity contribution in [2.24, 2.45) is 0 Å². The average Bonchev–Trinajstić information content (AvgIpc) is 3.12. The molecule has 0 amide bonds. The number of hydrogen-bond donors (Lipinski definition) is 0. The molecule has 0 aromatic carbocycles. The van der Waals surface area contributed by atoms with Crippen LogP contribution in [0.25, 0.3) is 0 Å². The molecule has 2 atom stereocenters. The lowest BCUT2D eigenvalue weighted by Crippen LogP contribution is -2.55. The molecule has 316 valence electrons. The molecule has 0 saturated carbocycles. The van der Waals surface area contributed by atoms with E-state index in [0.29, 0.717) is 12.8 Å².